The number of nitrogen functional groups attached to an aromatic ring is 1. The first-order chi connectivity index (χ1) is 14.6. The summed E-state index contributed by atoms with van der Waals surface area (Å²) in [6.07, 6.45) is 6.81. The summed E-state index contributed by atoms with van der Waals surface area (Å²) in [5.74, 6) is 0.196. The average molecular weight is 404 g/mol. The third-order valence-corrected chi connectivity index (χ3v) is 5.31. The summed E-state index contributed by atoms with van der Waals surface area (Å²) in [6, 6.07) is 5.74. The van der Waals surface area contributed by atoms with Gasteiger partial charge in [0.05, 0.1) is 29.7 Å². The Kier molecular flexibility index (Phi) is 4.51. The van der Waals surface area contributed by atoms with Crippen LogP contribution in [0.1, 0.15) is 29.8 Å². The standard InChI is InChI=1S/C21H20N6O3/c1-27-11-24-14-4-2-12(10-15(14)27)17-19(21-23-7-9-30-21)26-20(22)18(25-17)16(28)5-3-13-6-8-29-13/h2,4,7,9-11,13H,3,5-6,8H2,1H3,(H2,22,26). The molecule has 30 heavy (non-hydrogen) atoms. The van der Waals surface area contributed by atoms with Crippen molar-refractivity contribution in [1.82, 2.24) is 24.5 Å². The molecule has 1 aliphatic heterocycles. The minimum Gasteiger partial charge on any atom is -0.443 e. The van der Waals surface area contributed by atoms with Crippen molar-refractivity contribution in [3.8, 4) is 22.8 Å². The molecule has 2 N–H and O–H groups in total. The molecule has 0 spiro atoms. The van der Waals surface area contributed by atoms with Crippen molar-refractivity contribution in [2.75, 3.05) is 12.3 Å². The van der Waals surface area contributed by atoms with Gasteiger partial charge in [-0.15, -0.1) is 0 Å². The maximum absolute atomic E-state index is 12.8. The number of carbonyl (C=O) groups is 1. The van der Waals surface area contributed by atoms with Gasteiger partial charge in [-0.25, -0.2) is 19.9 Å². The summed E-state index contributed by atoms with van der Waals surface area (Å²) >= 11 is 0. The zero-order valence-electron chi connectivity index (χ0n) is 16.4. The van der Waals surface area contributed by atoms with Gasteiger partial charge in [-0.1, -0.05) is 6.07 Å². The van der Waals surface area contributed by atoms with E-state index in [9.17, 15) is 4.79 Å². The van der Waals surface area contributed by atoms with E-state index in [1.165, 1.54) is 12.5 Å². The Morgan fingerprint density at radius 2 is 2.13 bits per heavy atom. The molecular formula is C21H20N6O3. The van der Waals surface area contributed by atoms with Crippen LogP contribution in [0.25, 0.3) is 33.9 Å². The van der Waals surface area contributed by atoms with E-state index in [4.69, 9.17) is 14.9 Å². The van der Waals surface area contributed by atoms with E-state index >= 15 is 0 Å². The van der Waals surface area contributed by atoms with Gasteiger partial charge in [0, 0.05) is 25.6 Å². The van der Waals surface area contributed by atoms with Crippen LogP contribution in [-0.2, 0) is 11.8 Å². The molecule has 4 heterocycles. The molecule has 0 radical (unpaired) electrons. The quantitative estimate of drug-likeness (QED) is 0.487. The molecule has 1 fully saturated rings. The Balaban J connectivity index is 1.60. The number of hydrogen-bond donors (Lipinski definition) is 1. The Morgan fingerprint density at radius 1 is 1.27 bits per heavy atom. The van der Waals surface area contributed by atoms with Crippen LogP contribution >= 0.6 is 0 Å². The van der Waals surface area contributed by atoms with Gasteiger partial charge in [0.1, 0.15) is 17.7 Å². The van der Waals surface area contributed by atoms with Crippen molar-refractivity contribution < 1.29 is 13.9 Å². The van der Waals surface area contributed by atoms with Gasteiger partial charge in [-0.3, -0.25) is 4.79 Å². The lowest BCUT2D eigenvalue weighted by atomic mass is 10.0. The predicted molar refractivity (Wildman–Crippen MR) is 110 cm³/mol. The van der Waals surface area contributed by atoms with Gasteiger partial charge in [0.2, 0.25) is 5.89 Å². The number of hydrogen-bond acceptors (Lipinski definition) is 8. The smallest absolute Gasteiger partial charge is 0.247 e. The first-order valence-electron chi connectivity index (χ1n) is 9.74. The number of rotatable bonds is 6. The van der Waals surface area contributed by atoms with Gasteiger partial charge < -0.3 is 19.5 Å². The summed E-state index contributed by atoms with van der Waals surface area (Å²) in [7, 11) is 1.92. The third-order valence-electron chi connectivity index (χ3n) is 5.31. The Bertz CT molecular complexity index is 1230. The second kappa shape index (κ2) is 7.34. The molecule has 1 aliphatic rings. The number of anilines is 1. The lowest BCUT2D eigenvalue weighted by molar-refractivity contribution is -0.0542. The van der Waals surface area contributed by atoms with E-state index in [0.29, 0.717) is 24.2 Å². The molecule has 1 atom stereocenters. The van der Waals surface area contributed by atoms with Crippen LogP contribution in [0.4, 0.5) is 5.82 Å². The number of Topliss-reactive ketones (excluding diaryl/α,β-unsaturated/α-hetero) is 1. The zero-order valence-corrected chi connectivity index (χ0v) is 16.4. The van der Waals surface area contributed by atoms with Crippen LogP contribution in [0.2, 0.25) is 0 Å². The summed E-state index contributed by atoms with van der Waals surface area (Å²) in [5.41, 5.74) is 9.70. The highest BCUT2D eigenvalue weighted by Crippen LogP contribution is 2.32. The van der Waals surface area contributed by atoms with Crippen molar-refractivity contribution in [2.24, 2.45) is 7.05 Å². The summed E-state index contributed by atoms with van der Waals surface area (Å²) in [5, 5.41) is 0. The van der Waals surface area contributed by atoms with Crippen molar-refractivity contribution in [2.45, 2.75) is 25.4 Å². The third kappa shape index (κ3) is 3.22. The highest BCUT2D eigenvalue weighted by Gasteiger charge is 2.24. The zero-order chi connectivity index (χ0) is 20.7. The highest BCUT2D eigenvalue weighted by molar-refractivity contribution is 5.99. The molecule has 9 heteroatoms. The van der Waals surface area contributed by atoms with Crippen molar-refractivity contribution in [3.05, 3.63) is 42.7 Å². The Labute approximate surface area is 171 Å². The van der Waals surface area contributed by atoms with E-state index in [0.717, 1.165) is 29.6 Å². The fraction of sp³-hybridized carbons (Fsp3) is 0.286. The second-order valence-corrected chi connectivity index (χ2v) is 7.29. The number of aryl methyl sites for hydroxylation is 1. The van der Waals surface area contributed by atoms with Crippen molar-refractivity contribution >= 4 is 22.6 Å². The summed E-state index contributed by atoms with van der Waals surface area (Å²) in [6.45, 7) is 0.756. The number of nitrogens with two attached hydrogens (primary N) is 1. The predicted octanol–water partition coefficient (Wildman–Crippen LogP) is 3.02. The van der Waals surface area contributed by atoms with Crippen molar-refractivity contribution in [1.29, 1.82) is 0 Å². The van der Waals surface area contributed by atoms with E-state index in [1.54, 1.807) is 6.33 Å². The SMILES string of the molecule is Cn1cnc2ccc(-c3nc(C(=O)CCC4CCO4)c(N)nc3-c3ncco3)cc21. The number of benzene rings is 1. The van der Waals surface area contributed by atoms with Crippen LogP contribution < -0.4 is 5.73 Å². The molecular weight excluding hydrogens is 384 g/mol. The number of imidazole rings is 1. The minimum absolute atomic E-state index is 0.0630. The molecule has 1 aromatic carbocycles. The van der Waals surface area contributed by atoms with Crippen LogP contribution in [-0.4, -0.2) is 43.0 Å². The molecule has 152 valence electrons. The topological polar surface area (TPSA) is 122 Å². The monoisotopic (exact) mass is 404 g/mol. The first-order valence-corrected chi connectivity index (χ1v) is 9.74. The fourth-order valence-corrected chi connectivity index (χ4v) is 3.54. The molecule has 0 bridgehead atoms. The Morgan fingerprint density at radius 3 is 2.87 bits per heavy atom. The maximum atomic E-state index is 12.8. The van der Waals surface area contributed by atoms with Gasteiger partial charge in [0.25, 0.3) is 0 Å². The first kappa shape index (κ1) is 18.4. The van der Waals surface area contributed by atoms with Crippen LogP contribution in [0.5, 0.6) is 0 Å². The van der Waals surface area contributed by atoms with Gasteiger partial charge in [-0.2, -0.15) is 0 Å². The molecule has 0 saturated carbocycles. The number of fused-ring (bicyclic) bond motifs is 1. The molecule has 0 aliphatic carbocycles. The molecule has 9 nitrogen and oxygen atoms in total. The van der Waals surface area contributed by atoms with Crippen LogP contribution in [0, 0.1) is 0 Å². The maximum Gasteiger partial charge on any atom is 0.247 e. The molecule has 1 unspecified atom stereocenters. The van der Waals surface area contributed by atoms with Crippen LogP contribution in [0.15, 0.2) is 41.4 Å². The van der Waals surface area contributed by atoms with Gasteiger partial charge in [-0.05, 0) is 25.0 Å². The minimum atomic E-state index is -0.155. The molecule has 5 rings (SSSR count). The largest absolute Gasteiger partial charge is 0.443 e. The van der Waals surface area contributed by atoms with Crippen LogP contribution in [0.3, 0.4) is 0 Å². The van der Waals surface area contributed by atoms with E-state index in [-0.39, 0.29) is 29.3 Å². The lowest BCUT2D eigenvalue weighted by Crippen LogP contribution is -2.27. The highest BCUT2D eigenvalue weighted by atomic mass is 16.5. The number of nitrogens with zero attached hydrogens (tertiary/aromatic N) is 5. The summed E-state index contributed by atoms with van der Waals surface area (Å²) < 4.78 is 12.8. The lowest BCUT2D eigenvalue weighted by Gasteiger charge is -2.25. The molecule has 1 saturated heterocycles. The number of ether oxygens (including phenoxy) is 1. The van der Waals surface area contributed by atoms with Gasteiger partial charge >= 0.3 is 0 Å². The molecule has 4 aromatic rings. The van der Waals surface area contributed by atoms with E-state index < -0.39 is 0 Å². The van der Waals surface area contributed by atoms with E-state index in [2.05, 4.69) is 19.9 Å². The summed E-state index contributed by atoms with van der Waals surface area (Å²) in [4.78, 5) is 30.5. The number of ketones is 1. The van der Waals surface area contributed by atoms with Crippen molar-refractivity contribution in [3.63, 3.8) is 0 Å². The number of carbonyl (C=O) groups excluding carboxylic acids is 1. The normalized spacial score (nSPS) is 16.0. The average Bonchev–Trinajstić information content (AvgIpc) is 3.36. The molecule has 0 amide bonds. The second-order valence-electron chi connectivity index (χ2n) is 7.29. The Hall–Kier alpha value is -3.59. The van der Waals surface area contributed by atoms with Gasteiger partial charge in [0.15, 0.2) is 17.3 Å². The van der Waals surface area contributed by atoms with E-state index in [1.807, 2.05) is 29.8 Å². The number of oxazole rings is 1. The fourth-order valence-electron chi connectivity index (χ4n) is 3.54. The molecule has 3 aromatic heterocycles. The number of aromatic nitrogens is 5.